The number of halogens is 1. The van der Waals surface area contributed by atoms with Crippen LogP contribution < -0.4 is 16.2 Å². The number of nitrogens with zero attached hydrogens (tertiary/aromatic N) is 4. The monoisotopic (exact) mass is 402 g/mol. The van der Waals surface area contributed by atoms with Crippen LogP contribution in [0.1, 0.15) is 31.3 Å². The Balaban J connectivity index is 2.26. The highest BCUT2D eigenvalue weighted by molar-refractivity contribution is 9.10. The van der Waals surface area contributed by atoms with Crippen LogP contribution in [0.15, 0.2) is 41.0 Å². The molecule has 2 rings (SSSR count). The number of nitriles is 1. The van der Waals surface area contributed by atoms with Gasteiger partial charge in [-0.15, -0.1) is 0 Å². The van der Waals surface area contributed by atoms with Crippen molar-refractivity contribution in [1.29, 1.82) is 5.26 Å². The summed E-state index contributed by atoms with van der Waals surface area (Å²) in [6.45, 7) is 4.51. The highest BCUT2D eigenvalue weighted by Crippen LogP contribution is 2.23. The molecule has 0 radical (unpaired) electrons. The molecule has 7 nitrogen and oxygen atoms in total. The molecular formula is C17H19BrN6O. The number of nitrogens with two attached hydrogens (primary N) is 1. The molecule has 3 N–H and O–H groups in total. The lowest BCUT2D eigenvalue weighted by atomic mass is 10.1. The van der Waals surface area contributed by atoms with Crippen LogP contribution in [0, 0.1) is 17.2 Å². The van der Waals surface area contributed by atoms with Crippen molar-refractivity contribution in [3.63, 3.8) is 0 Å². The lowest BCUT2D eigenvalue weighted by Gasteiger charge is -2.28. The summed E-state index contributed by atoms with van der Waals surface area (Å²) in [6.07, 6.45) is 1.48. The molecule has 0 aliphatic heterocycles. The molecule has 1 unspecified atom stereocenters. The molecule has 0 saturated heterocycles. The van der Waals surface area contributed by atoms with Crippen LogP contribution in [0.5, 0.6) is 0 Å². The molecule has 1 aromatic heterocycles. The molecule has 1 heterocycles. The van der Waals surface area contributed by atoms with Gasteiger partial charge in [-0.2, -0.15) is 10.2 Å². The minimum atomic E-state index is -0.813. The number of nitrogens with one attached hydrogen (secondary N) is 1. The molecule has 8 heteroatoms. The van der Waals surface area contributed by atoms with Gasteiger partial charge in [0, 0.05) is 12.7 Å². The number of carbonyl (C=O) groups excluding carboxylic acids is 1. The Kier molecular flexibility index (Phi) is 6.44. The standard InChI is InChI=1S/C17H19BrN6O/c1-11(2)10-24(16-13(18)9-21-14(8-19)22-16)23-17(25)15(20)12-6-4-3-5-7-12/h3-7,9,11,15H,10,20H2,1-2H3,(H,23,25). The zero-order chi connectivity index (χ0) is 18.4. The van der Waals surface area contributed by atoms with Crippen molar-refractivity contribution in [2.24, 2.45) is 11.7 Å². The second-order valence-corrected chi connectivity index (χ2v) is 6.70. The fourth-order valence-corrected chi connectivity index (χ4v) is 2.57. The second-order valence-electron chi connectivity index (χ2n) is 5.85. The molecule has 0 spiro atoms. The van der Waals surface area contributed by atoms with Gasteiger partial charge in [0.05, 0.1) is 4.47 Å². The Hall–Kier alpha value is -2.50. The second kappa shape index (κ2) is 8.55. The van der Waals surface area contributed by atoms with E-state index in [-0.39, 0.29) is 17.6 Å². The average molecular weight is 403 g/mol. The highest BCUT2D eigenvalue weighted by atomic mass is 79.9. The maximum atomic E-state index is 12.6. The first kappa shape index (κ1) is 18.8. The van der Waals surface area contributed by atoms with E-state index in [1.54, 1.807) is 17.1 Å². The van der Waals surface area contributed by atoms with E-state index in [1.807, 2.05) is 38.1 Å². The molecule has 0 aliphatic rings. The molecule has 1 atom stereocenters. The molecule has 2 aromatic rings. The van der Waals surface area contributed by atoms with Gasteiger partial charge in [-0.25, -0.2) is 4.98 Å². The first-order valence-electron chi connectivity index (χ1n) is 7.73. The zero-order valence-corrected chi connectivity index (χ0v) is 15.6. The van der Waals surface area contributed by atoms with Crippen molar-refractivity contribution in [2.45, 2.75) is 19.9 Å². The van der Waals surface area contributed by atoms with Crippen molar-refractivity contribution in [3.05, 3.63) is 52.4 Å². The first-order valence-corrected chi connectivity index (χ1v) is 8.53. The van der Waals surface area contributed by atoms with Crippen LogP contribution in [0.25, 0.3) is 0 Å². The predicted molar refractivity (Wildman–Crippen MR) is 98.1 cm³/mol. The molecule has 25 heavy (non-hydrogen) atoms. The van der Waals surface area contributed by atoms with E-state index in [0.717, 1.165) is 0 Å². The summed E-state index contributed by atoms with van der Waals surface area (Å²) in [5.74, 6) is 0.305. The zero-order valence-electron chi connectivity index (χ0n) is 14.0. The summed E-state index contributed by atoms with van der Waals surface area (Å²) in [5.41, 5.74) is 9.56. The van der Waals surface area contributed by atoms with E-state index in [4.69, 9.17) is 11.0 Å². The largest absolute Gasteiger partial charge is 0.316 e. The molecule has 0 aliphatic carbocycles. The number of carbonyl (C=O) groups is 1. The van der Waals surface area contributed by atoms with Crippen LogP contribution in [0.4, 0.5) is 5.82 Å². The third-order valence-electron chi connectivity index (χ3n) is 3.32. The smallest absolute Gasteiger partial charge is 0.260 e. The van der Waals surface area contributed by atoms with Crippen LogP contribution in [-0.4, -0.2) is 22.4 Å². The lowest BCUT2D eigenvalue weighted by Crippen LogP contribution is -2.48. The van der Waals surface area contributed by atoms with Crippen molar-refractivity contribution < 1.29 is 4.79 Å². The summed E-state index contributed by atoms with van der Waals surface area (Å²) in [5, 5.41) is 10.6. The average Bonchev–Trinajstić information content (AvgIpc) is 2.61. The van der Waals surface area contributed by atoms with Crippen molar-refractivity contribution >= 4 is 27.7 Å². The molecule has 1 amide bonds. The number of anilines is 1. The van der Waals surface area contributed by atoms with E-state index < -0.39 is 6.04 Å². The van der Waals surface area contributed by atoms with Gasteiger partial charge < -0.3 is 5.73 Å². The third-order valence-corrected chi connectivity index (χ3v) is 3.87. The fraction of sp³-hybridized carbons (Fsp3) is 0.294. The van der Waals surface area contributed by atoms with Crippen LogP contribution >= 0.6 is 15.9 Å². The van der Waals surface area contributed by atoms with E-state index in [9.17, 15) is 4.79 Å². The third kappa shape index (κ3) is 4.98. The molecule has 130 valence electrons. The maximum absolute atomic E-state index is 12.6. The number of rotatable bonds is 6. The van der Waals surface area contributed by atoms with Gasteiger partial charge in [0.25, 0.3) is 5.91 Å². The Bertz CT molecular complexity index is 774. The van der Waals surface area contributed by atoms with Crippen molar-refractivity contribution in [1.82, 2.24) is 15.4 Å². The number of aromatic nitrogens is 2. The molecule has 0 bridgehead atoms. The summed E-state index contributed by atoms with van der Waals surface area (Å²) in [4.78, 5) is 20.7. The fourth-order valence-electron chi connectivity index (χ4n) is 2.17. The minimum Gasteiger partial charge on any atom is -0.316 e. The number of hydrogen-bond donors (Lipinski definition) is 2. The van der Waals surface area contributed by atoms with Gasteiger partial charge in [-0.1, -0.05) is 44.2 Å². The molecule has 0 saturated carbocycles. The van der Waals surface area contributed by atoms with Gasteiger partial charge in [0.1, 0.15) is 12.1 Å². The van der Waals surface area contributed by atoms with E-state index in [2.05, 4.69) is 31.3 Å². The Morgan fingerprint density at radius 3 is 2.68 bits per heavy atom. The van der Waals surface area contributed by atoms with Crippen molar-refractivity contribution in [3.8, 4) is 6.07 Å². The molecule has 1 aromatic carbocycles. The van der Waals surface area contributed by atoms with Gasteiger partial charge >= 0.3 is 0 Å². The Morgan fingerprint density at radius 1 is 1.40 bits per heavy atom. The van der Waals surface area contributed by atoms with Gasteiger partial charge in [-0.05, 0) is 27.4 Å². The normalized spacial score (nSPS) is 11.7. The van der Waals surface area contributed by atoms with Gasteiger partial charge in [0.2, 0.25) is 5.82 Å². The number of hydrazine groups is 1. The van der Waals surface area contributed by atoms with E-state index >= 15 is 0 Å². The Labute approximate surface area is 155 Å². The highest BCUT2D eigenvalue weighted by Gasteiger charge is 2.22. The SMILES string of the molecule is CC(C)CN(NC(=O)C(N)c1ccccc1)c1nc(C#N)ncc1Br. The lowest BCUT2D eigenvalue weighted by molar-refractivity contribution is -0.122. The molecular weight excluding hydrogens is 384 g/mol. The van der Waals surface area contributed by atoms with Crippen molar-refractivity contribution in [2.75, 3.05) is 11.6 Å². The topological polar surface area (TPSA) is 108 Å². The Morgan fingerprint density at radius 2 is 2.08 bits per heavy atom. The van der Waals surface area contributed by atoms with Crippen LogP contribution in [-0.2, 0) is 4.79 Å². The van der Waals surface area contributed by atoms with E-state index in [0.29, 0.717) is 22.4 Å². The van der Waals surface area contributed by atoms with Crippen LogP contribution in [0.2, 0.25) is 0 Å². The predicted octanol–water partition coefficient (Wildman–Crippen LogP) is 2.30. The minimum absolute atomic E-state index is 0.0218. The first-order chi connectivity index (χ1) is 11.9. The number of hydrogen-bond acceptors (Lipinski definition) is 6. The quantitative estimate of drug-likeness (QED) is 0.717. The summed E-state index contributed by atoms with van der Waals surface area (Å²) < 4.78 is 0.570. The summed E-state index contributed by atoms with van der Waals surface area (Å²) >= 11 is 3.36. The number of benzene rings is 1. The summed E-state index contributed by atoms with van der Waals surface area (Å²) in [7, 11) is 0. The van der Waals surface area contributed by atoms with Crippen LogP contribution in [0.3, 0.4) is 0 Å². The maximum Gasteiger partial charge on any atom is 0.260 e. The molecule has 0 fully saturated rings. The van der Waals surface area contributed by atoms with Gasteiger partial charge in [0.15, 0.2) is 5.82 Å². The number of amides is 1. The summed E-state index contributed by atoms with van der Waals surface area (Å²) in [6, 6.07) is 10.2. The van der Waals surface area contributed by atoms with Gasteiger partial charge in [-0.3, -0.25) is 15.2 Å². The van der Waals surface area contributed by atoms with E-state index in [1.165, 1.54) is 6.20 Å².